The second-order valence-electron chi connectivity index (χ2n) is 5.92. The highest BCUT2D eigenvalue weighted by Crippen LogP contribution is 2.37. The molecule has 2 aliphatic carbocycles. The monoisotopic (exact) mass is 210 g/mol. The third kappa shape index (κ3) is 2.96. The van der Waals surface area contributed by atoms with Crippen LogP contribution in [0, 0.1) is 17.8 Å². The van der Waals surface area contributed by atoms with Crippen molar-refractivity contribution in [2.75, 3.05) is 0 Å². The van der Waals surface area contributed by atoms with Gasteiger partial charge in [0.1, 0.15) is 0 Å². The van der Waals surface area contributed by atoms with Gasteiger partial charge in [-0.2, -0.15) is 0 Å². The molecule has 1 N–H and O–H groups in total. The molecule has 3 atom stereocenters. The summed E-state index contributed by atoms with van der Waals surface area (Å²) in [7, 11) is 0. The van der Waals surface area contributed by atoms with Crippen LogP contribution in [0.1, 0.15) is 64.7 Å². The normalized spacial score (nSPS) is 36.4. The maximum Gasteiger partial charge on any atom is 0.0596 e. The van der Waals surface area contributed by atoms with Crippen LogP contribution < -0.4 is 0 Å². The van der Waals surface area contributed by atoms with Crippen LogP contribution in [-0.2, 0) is 0 Å². The van der Waals surface area contributed by atoms with E-state index < -0.39 is 0 Å². The molecule has 15 heavy (non-hydrogen) atoms. The molecule has 2 saturated carbocycles. The summed E-state index contributed by atoms with van der Waals surface area (Å²) < 4.78 is 0. The van der Waals surface area contributed by atoms with Crippen molar-refractivity contribution < 1.29 is 5.11 Å². The molecule has 0 saturated heterocycles. The minimum Gasteiger partial charge on any atom is -0.393 e. The molecule has 1 heteroatoms. The molecule has 0 bridgehead atoms. The zero-order valence-electron chi connectivity index (χ0n) is 10.1. The van der Waals surface area contributed by atoms with Crippen LogP contribution >= 0.6 is 0 Å². The van der Waals surface area contributed by atoms with Crippen molar-refractivity contribution in [2.45, 2.75) is 70.8 Å². The summed E-state index contributed by atoms with van der Waals surface area (Å²) in [6, 6.07) is 0. The molecule has 0 heterocycles. The fourth-order valence-electron chi connectivity index (χ4n) is 3.65. The van der Waals surface area contributed by atoms with Gasteiger partial charge in [0.25, 0.3) is 0 Å². The number of aliphatic hydroxyl groups is 1. The molecule has 2 rings (SSSR count). The Kier molecular flexibility index (Phi) is 4.07. The summed E-state index contributed by atoms with van der Waals surface area (Å²) in [6.45, 7) is 2.35. The summed E-state index contributed by atoms with van der Waals surface area (Å²) in [4.78, 5) is 0. The standard InChI is InChI=1S/C14H26O/c1-11-6-5-9-13(10-11)14(15)12-7-3-2-4-8-12/h11-15H,2-10H2,1H3. The Balaban J connectivity index is 1.85. The van der Waals surface area contributed by atoms with Gasteiger partial charge >= 0.3 is 0 Å². The third-order valence-corrected chi connectivity index (χ3v) is 4.59. The minimum atomic E-state index is 0.0213. The van der Waals surface area contributed by atoms with Gasteiger partial charge in [-0.15, -0.1) is 0 Å². The second kappa shape index (κ2) is 5.34. The van der Waals surface area contributed by atoms with Crippen molar-refractivity contribution in [1.29, 1.82) is 0 Å². The number of aliphatic hydroxyl groups excluding tert-OH is 1. The molecule has 0 radical (unpaired) electrons. The van der Waals surface area contributed by atoms with Crippen molar-refractivity contribution in [3.05, 3.63) is 0 Å². The van der Waals surface area contributed by atoms with Crippen LogP contribution in [0.15, 0.2) is 0 Å². The van der Waals surface area contributed by atoms with Gasteiger partial charge in [0, 0.05) is 0 Å². The van der Waals surface area contributed by atoms with Gasteiger partial charge in [0.2, 0.25) is 0 Å². The first kappa shape index (κ1) is 11.4. The summed E-state index contributed by atoms with van der Waals surface area (Å²) in [6.07, 6.45) is 12.0. The number of rotatable bonds is 2. The predicted octanol–water partition coefficient (Wildman–Crippen LogP) is 3.75. The van der Waals surface area contributed by atoms with E-state index in [0.717, 1.165) is 5.92 Å². The molecule has 0 spiro atoms. The summed E-state index contributed by atoms with van der Waals surface area (Å²) in [5, 5.41) is 10.4. The van der Waals surface area contributed by atoms with Crippen LogP contribution in [0.2, 0.25) is 0 Å². The van der Waals surface area contributed by atoms with Crippen LogP contribution in [0.5, 0.6) is 0 Å². The second-order valence-corrected chi connectivity index (χ2v) is 5.92. The Labute approximate surface area is 94.3 Å². The van der Waals surface area contributed by atoms with Crippen LogP contribution in [0.25, 0.3) is 0 Å². The SMILES string of the molecule is CC1CCCC(C(O)C2CCCCC2)C1. The highest BCUT2D eigenvalue weighted by atomic mass is 16.3. The van der Waals surface area contributed by atoms with Gasteiger partial charge in [0.05, 0.1) is 6.10 Å². The number of hydrogen-bond donors (Lipinski definition) is 1. The zero-order chi connectivity index (χ0) is 10.7. The van der Waals surface area contributed by atoms with E-state index in [4.69, 9.17) is 0 Å². The molecule has 2 fully saturated rings. The molecule has 0 aromatic heterocycles. The maximum absolute atomic E-state index is 10.4. The van der Waals surface area contributed by atoms with Gasteiger partial charge in [-0.05, 0) is 43.4 Å². The fraction of sp³-hybridized carbons (Fsp3) is 1.00. The van der Waals surface area contributed by atoms with E-state index in [1.54, 1.807) is 0 Å². The Morgan fingerprint density at radius 3 is 2.20 bits per heavy atom. The molecule has 2 aliphatic rings. The summed E-state index contributed by atoms with van der Waals surface area (Å²) in [5.41, 5.74) is 0. The van der Waals surface area contributed by atoms with Crippen molar-refractivity contribution in [2.24, 2.45) is 17.8 Å². The molecule has 88 valence electrons. The molecular weight excluding hydrogens is 184 g/mol. The molecule has 0 aromatic carbocycles. The van der Waals surface area contributed by atoms with E-state index in [1.807, 2.05) is 0 Å². The highest BCUT2D eigenvalue weighted by Gasteiger charge is 2.31. The Bertz CT molecular complexity index is 184. The molecule has 0 amide bonds. The fourth-order valence-corrected chi connectivity index (χ4v) is 3.65. The Morgan fingerprint density at radius 2 is 1.53 bits per heavy atom. The molecule has 0 aliphatic heterocycles. The quantitative estimate of drug-likeness (QED) is 0.736. The Morgan fingerprint density at radius 1 is 0.867 bits per heavy atom. The van der Waals surface area contributed by atoms with Crippen LogP contribution in [0.3, 0.4) is 0 Å². The largest absolute Gasteiger partial charge is 0.393 e. The molecule has 0 aromatic rings. The van der Waals surface area contributed by atoms with Gasteiger partial charge in [-0.25, -0.2) is 0 Å². The van der Waals surface area contributed by atoms with E-state index >= 15 is 0 Å². The molecule has 1 nitrogen and oxygen atoms in total. The zero-order valence-corrected chi connectivity index (χ0v) is 10.1. The van der Waals surface area contributed by atoms with Crippen molar-refractivity contribution in [3.63, 3.8) is 0 Å². The lowest BCUT2D eigenvalue weighted by atomic mass is 9.73. The number of hydrogen-bond acceptors (Lipinski definition) is 1. The van der Waals surface area contributed by atoms with E-state index in [0.29, 0.717) is 11.8 Å². The van der Waals surface area contributed by atoms with Crippen molar-refractivity contribution >= 4 is 0 Å². The summed E-state index contributed by atoms with van der Waals surface area (Å²) in [5.74, 6) is 2.10. The van der Waals surface area contributed by atoms with Crippen molar-refractivity contribution in [1.82, 2.24) is 0 Å². The van der Waals surface area contributed by atoms with Gasteiger partial charge in [-0.3, -0.25) is 0 Å². The lowest BCUT2D eigenvalue weighted by molar-refractivity contribution is 0.0105. The Hall–Kier alpha value is -0.0400. The van der Waals surface area contributed by atoms with Crippen LogP contribution in [-0.4, -0.2) is 11.2 Å². The predicted molar refractivity (Wildman–Crippen MR) is 63.7 cm³/mol. The van der Waals surface area contributed by atoms with Gasteiger partial charge in [0.15, 0.2) is 0 Å². The lowest BCUT2D eigenvalue weighted by Crippen LogP contribution is -2.33. The lowest BCUT2D eigenvalue weighted by Gasteiger charge is -2.36. The van der Waals surface area contributed by atoms with Gasteiger partial charge < -0.3 is 5.11 Å². The van der Waals surface area contributed by atoms with E-state index in [-0.39, 0.29) is 6.10 Å². The molecule has 3 unspecified atom stereocenters. The minimum absolute atomic E-state index is 0.0213. The average molecular weight is 210 g/mol. The third-order valence-electron chi connectivity index (χ3n) is 4.59. The maximum atomic E-state index is 10.4. The first-order valence-electron chi connectivity index (χ1n) is 6.95. The van der Waals surface area contributed by atoms with E-state index in [9.17, 15) is 5.11 Å². The van der Waals surface area contributed by atoms with E-state index in [2.05, 4.69) is 6.92 Å². The smallest absolute Gasteiger partial charge is 0.0596 e. The van der Waals surface area contributed by atoms with E-state index in [1.165, 1.54) is 57.8 Å². The first-order valence-corrected chi connectivity index (χ1v) is 6.95. The molecular formula is C14H26O. The van der Waals surface area contributed by atoms with Crippen molar-refractivity contribution in [3.8, 4) is 0 Å². The average Bonchev–Trinajstić information content (AvgIpc) is 2.29. The topological polar surface area (TPSA) is 20.2 Å². The highest BCUT2D eigenvalue weighted by molar-refractivity contribution is 4.82. The van der Waals surface area contributed by atoms with Crippen LogP contribution in [0.4, 0.5) is 0 Å². The summed E-state index contributed by atoms with van der Waals surface area (Å²) >= 11 is 0. The van der Waals surface area contributed by atoms with Gasteiger partial charge in [-0.1, -0.05) is 39.0 Å². The first-order chi connectivity index (χ1) is 7.27.